The molecule has 6 heteroatoms. The summed E-state index contributed by atoms with van der Waals surface area (Å²) >= 11 is 0. The molecule has 1 unspecified atom stereocenters. The summed E-state index contributed by atoms with van der Waals surface area (Å²) in [6.07, 6.45) is -4.56. The predicted molar refractivity (Wildman–Crippen MR) is 47.1 cm³/mol. The summed E-state index contributed by atoms with van der Waals surface area (Å²) in [5, 5.41) is 8.88. The van der Waals surface area contributed by atoms with E-state index in [1.165, 1.54) is 0 Å². The highest BCUT2D eigenvalue weighted by atomic mass is 19.3. The van der Waals surface area contributed by atoms with Gasteiger partial charge in [-0.15, -0.1) is 0 Å². The fraction of sp³-hybridized carbons (Fsp3) is 0.778. The molecule has 0 saturated carbocycles. The molecule has 0 aromatic carbocycles. The predicted octanol–water partition coefficient (Wildman–Crippen LogP) is 0.397. The molecule has 2 amide bonds. The first-order valence-corrected chi connectivity index (χ1v) is 4.71. The molecule has 0 bridgehead atoms. The number of aliphatic hydroxyl groups excluding tert-OH is 1. The number of likely N-dealkylation sites (tertiary alicyclic amines) is 1. The minimum Gasteiger partial charge on any atom is -0.385 e. The van der Waals surface area contributed by atoms with Gasteiger partial charge in [0.1, 0.15) is 6.10 Å². The van der Waals surface area contributed by atoms with Crippen molar-refractivity contribution in [2.75, 3.05) is 6.54 Å². The van der Waals surface area contributed by atoms with Gasteiger partial charge in [0.25, 0.3) is 6.43 Å². The Bertz CT molecular complexity index is 252. The molecule has 0 aromatic heterocycles. The van der Waals surface area contributed by atoms with E-state index in [9.17, 15) is 18.4 Å². The molecule has 1 saturated heterocycles. The third-order valence-corrected chi connectivity index (χ3v) is 2.31. The highest BCUT2D eigenvalue weighted by molar-refractivity contribution is 5.97. The van der Waals surface area contributed by atoms with Crippen LogP contribution in [0, 0.1) is 5.92 Å². The molecule has 15 heavy (non-hydrogen) atoms. The van der Waals surface area contributed by atoms with Gasteiger partial charge < -0.3 is 5.11 Å². The lowest BCUT2D eigenvalue weighted by atomic mass is 9.97. The SMILES string of the molecule is CC1CC(=O)N(CC(O)C(F)F)C(=O)C1. The Morgan fingerprint density at radius 1 is 1.40 bits per heavy atom. The number of β-amino-alcohol motifs (C(OH)–C–C–N with tert-alkyl or cyclic N) is 1. The van der Waals surface area contributed by atoms with Crippen LogP contribution in [0.5, 0.6) is 0 Å². The minimum atomic E-state index is -2.94. The van der Waals surface area contributed by atoms with E-state index < -0.39 is 30.9 Å². The number of rotatable bonds is 3. The summed E-state index contributed by atoms with van der Waals surface area (Å²) in [6, 6.07) is 0. The summed E-state index contributed by atoms with van der Waals surface area (Å²) < 4.78 is 24.0. The molecule has 1 atom stereocenters. The quantitative estimate of drug-likeness (QED) is 0.702. The van der Waals surface area contributed by atoms with Gasteiger partial charge in [0, 0.05) is 12.8 Å². The Morgan fingerprint density at radius 2 is 1.87 bits per heavy atom. The van der Waals surface area contributed by atoms with Crippen molar-refractivity contribution < 1.29 is 23.5 Å². The fourth-order valence-electron chi connectivity index (χ4n) is 1.50. The van der Waals surface area contributed by atoms with Crippen molar-refractivity contribution in [2.45, 2.75) is 32.3 Å². The third kappa shape index (κ3) is 2.95. The van der Waals surface area contributed by atoms with E-state index in [1.54, 1.807) is 6.92 Å². The Hall–Kier alpha value is -1.04. The molecule has 1 heterocycles. The van der Waals surface area contributed by atoms with E-state index >= 15 is 0 Å². The van der Waals surface area contributed by atoms with Gasteiger partial charge in [-0.3, -0.25) is 14.5 Å². The van der Waals surface area contributed by atoms with E-state index in [-0.39, 0.29) is 18.8 Å². The van der Waals surface area contributed by atoms with Gasteiger partial charge in [-0.05, 0) is 5.92 Å². The summed E-state index contributed by atoms with van der Waals surface area (Å²) in [7, 11) is 0. The van der Waals surface area contributed by atoms with Crippen molar-refractivity contribution in [3.8, 4) is 0 Å². The molecular weight excluding hydrogens is 208 g/mol. The number of carbonyl (C=O) groups excluding carboxylic acids is 2. The Labute approximate surface area is 85.9 Å². The van der Waals surface area contributed by atoms with Gasteiger partial charge in [-0.1, -0.05) is 6.92 Å². The molecule has 86 valence electrons. The maximum Gasteiger partial charge on any atom is 0.265 e. The van der Waals surface area contributed by atoms with Crippen LogP contribution in [0.2, 0.25) is 0 Å². The zero-order valence-electron chi connectivity index (χ0n) is 8.32. The second-order valence-corrected chi connectivity index (χ2v) is 3.81. The maximum atomic E-state index is 12.0. The van der Waals surface area contributed by atoms with Gasteiger partial charge in [-0.2, -0.15) is 0 Å². The van der Waals surface area contributed by atoms with Crippen molar-refractivity contribution in [3.05, 3.63) is 0 Å². The summed E-state index contributed by atoms with van der Waals surface area (Å²) in [5.41, 5.74) is 0. The smallest absolute Gasteiger partial charge is 0.265 e. The van der Waals surface area contributed by atoms with Crippen LogP contribution in [0.4, 0.5) is 8.78 Å². The lowest BCUT2D eigenvalue weighted by Crippen LogP contribution is -2.47. The van der Waals surface area contributed by atoms with Crippen LogP contribution in [-0.2, 0) is 9.59 Å². The molecular formula is C9H13F2NO3. The van der Waals surface area contributed by atoms with E-state index in [2.05, 4.69) is 0 Å². The molecule has 1 N–H and O–H groups in total. The number of carbonyl (C=O) groups is 2. The number of nitrogens with zero attached hydrogens (tertiary/aromatic N) is 1. The monoisotopic (exact) mass is 221 g/mol. The molecule has 1 rings (SSSR count). The fourth-order valence-corrected chi connectivity index (χ4v) is 1.50. The zero-order chi connectivity index (χ0) is 11.6. The molecule has 4 nitrogen and oxygen atoms in total. The molecule has 1 aliphatic rings. The van der Waals surface area contributed by atoms with Crippen LogP contribution < -0.4 is 0 Å². The lowest BCUT2D eigenvalue weighted by Gasteiger charge is -2.29. The van der Waals surface area contributed by atoms with Crippen LogP contribution >= 0.6 is 0 Å². The molecule has 0 aliphatic carbocycles. The van der Waals surface area contributed by atoms with Gasteiger partial charge in [0.05, 0.1) is 6.54 Å². The van der Waals surface area contributed by atoms with Crippen LogP contribution in [0.1, 0.15) is 19.8 Å². The highest BCUT2D eigenvalue weighted by Crippen LogP contribution is 2.19. The number of alkyl halides is 2. The van der Waals surface area contributed by atoms with Crippen molar-refractivity contribution in [2.24, 2.45) is 5.92 Å². The third-order valence-electron chi connectivity index (χ3n) is 2.31. The topological polar surface area (TPSA) is 57.6 Å². The Kier molecular flexibility index (Phi) is 3.73. The average Bonchev–Trinajstić information content (AvgIpc) is 2.10. The average molecular weight is 221 g/mol. The van der Waals surface area contributed by atoms with Gasteiger partial charge in [0.2, 0.25) is 11.8 Å². The first kappa shape index (κ1) is 12.0. The lowest BCUT2D eigenvalue weighted by molar-refractivity contribution is -0.153. The van der Waals surface area contributed by atoms with Gasteiger partial charge in [0.15, 0.2) is 0 Å². The van der Waals surface area contributed by atoms with Crippen LogP contribution in [0.15, 0.2) is 0 Å². The first-order valence-electron chi connectivity index (χ1n) is 4.71. The van der Waals surface area contributed by atoms with E-state index in [4.69, 9.17) is 5.11 Å². The molecule has 0 spiro atoms. The molecule has 1 aliphatic heterocycles. The van der Waals surface area contributed by atoms with Crippen LogP contribution in [-0.4, -0.2) is 40.9 Å². The largest absolute Gasteiger partial charge is 0.385 e. The molecule has 0 aromatic rings. The number of halogens is 2. The van der Waals surface area contributed by atoms with Crippen molar-refractivity contribution in [3.63, 3.8) is 0 Å². The number of hydrogen-bond acceptors (Lipinski definition) is 3. The standard InChI is InChI=1S/C9H13F2NO3/c1-5-2-7(14)12(8(15)3-5)4-6(13)9(10)11/h5-6,9,13H,2-4H2,1H3. The maximum absolute atomic E-state index is 12.0. The van der Waals surface area contributed by atoms with Crippen LogP contribution in [0.25, 0.3) is 0 Å². The van der Waals surface area contributed by atoms with Gasteiger partial charge in [-0.25, -0.2) is 8.78 Å². The zero-order valence-corrected chi connectivity index (χ0v) is 8.32. The van der Waals surface area contributed by atoms with Crippen molar-refractivity contribution in [1.29, 1.82) is 0 Å². The van der Waals surface area contributed by atoms with Crippen molar-refractivity contribution in [1.82, 2.24) is 4.90 Å². The Balaban J connectivity index is 2.61. The van der Waals surface area contributed by atoms with Crippen LogP contribution in [0.3, 0.4) is 0 Å². The van der Waals surface area contributed by atoms with Crippen molar-refractivity contribution >= 4 is 11.8 Å². The number of aliphatic hydroxyl groups is 1. The van der Waals surface area contributed by atoms with E-state index in [1.807, 2.05) is 0 Å². The highest BCUT2D eigenvalue weighted by Gasteiger charge is 2.33. The first-order chi connectivity index (χ1) is 6.91. The second-order valence-electron chi connectivity index (χ2n) is 3.81. The second kappa shape index (κ2) is 4.65. The summed E-state index contributed by atoms with van der Waals surface area (Å²) in [6.45, 7) is 1.14. The Morgan fingerprint density at radius 3 is 2.27 bits per heavy atom. The summed E-state index contributed by atoms with van der Waals surface area (Å²) in [4.78, 5) is 23.4. The normalized spacial score (nSPS) is 21.3. The molecule has 1 fully saturated rings. The van der Waals surface area contributed by atoms with E-state index in [0.29, 0.717) is 0 Å². The number of imide groups is 1. The number of amides is 2. The minimum absolute atomic E-state index is 0.0510. The summed E-state index contributed by atoms with van der Waals surface area (Å²) in [5.74, 6) is -1.03. The number of piperidine rings is 1. The molecule has 0 radical (unpaired) electrons. The number of hydrogen-bond donors (Lipinski definition) is 1. The van der Waals surface area contributed by atoms with Gasteiger partial charge >= 0.3 is 0 Å². The van der Waals surface area contributed by atoms with E-state index in [0.717, 1.165) is 4.90 Å².